The monoisotopic (exact) mass is 972 g/mol. The van der Waals surface area contributed by atoms with Gasteiger partial charge < -0.3 is 39.2 Å². The molecule has 2 atom stereocenters. The molecule has 4 aromatic carbocycles. The number of esters is 1. The average molecular weight is 973 g/mol. The lowest BCUT2D eigenvalue weighted by Gasteiger charge is -2.29. The van der Waals surface area contributed by atoms with Crippen LogP contribution in [-0.2, 0) is 36.6 Å². The van der Waals surface area contributed by atoms with Gasteiger partial charge in [-0.05, 0) is 133 Å². The fourth-order valence-corrected chi connectivity index (χ4v) is 10.1. The molecule has 0 radical (unpaired) electrons. The number of carbonyl (C=O) groups excluding carboxylic acids is 1. The van der Waals surface area contributed by atoms with Gasteiger partial charge in [0.15, 0.2) is 23.6 Å². The number of nitrogens with zero attached hydrogens (tertiary/aromatic N) is 4. The smallest absolute Gasteiger partial charge is 0.339 e. The highest BCUT2D eigenvalue weighted by Gasteiger charge is 2.36. The van der Waals surface area contributed by atoms with Gasteiger partial charge in [-0.2, -0.15) is 9.46 Å². The summed E-state index contributed by atoms with van der Waals surface area (Å²) >= 11 is 0. The number of benzene rings is 4. The number of aliphatic carboxylic acids is 1. The fourth-order valence-electron chi connectivity index (χ4n) is 10.1. The van der Waals surface area contributed by atoms with E-state index in [1.807, 2.05) is 110 Å². The van der Waals surface area contributed by atoms with Gasteiger partial charge >= 0.3 is 11.9 Å². The summed E-state index contributed by atoms with van der Waals surface area (Å²) in [4.78, 5) is 35.4. The van der Waals surface area contributed by atoms with Crippen LogP contribution in [0.4, 0.5) is 0 Å². The number of hydrogen-bond donors (Lipinski definition) is 1. The van der Waals surface area contributed by atoms with E-state index in [9.17, 15) is 25.1 Å². The lowest BCUT2D eigenvalue weighted by Crippen LogP contribution is -2.32. The first-order chi connectivity index (χ1) is 34.2. The lowest BCUT2D eigenvalue weighted by atomic mass is 9.86. The van der Waals surface area contributed by atoms with E-state index in [0.29, 0.717) is 74.2 Å². The number of hydrogen-bond acceptors (Lipinski definition) is 11. The number of aryl methyl sites for hydroxylation is 4. The lowest BCUT2D eigenvalue weighted by molar-refractivity contribution is -0.584. The average Bonchev–Trinajstić information content (AvgIpc) is 3.33. The number of carboxylic acid groups (broad SMARTS) is 1. The van der Waals surface area contributed by atoms with Crippen LogP contribution in [0.5, 0.6) is 11.5 Å². The molecule has 72 heavy (non-hydrogen) atoms. The van der Waals surface area contributed by atoms with E-state index in [-0.39, 0.29) is 6.61 Å². The van der Waals surface area contributed by atoms with Crippen molar-refractivity contribution in [2.45, 2.75) is 112 Å². The van der Waals surface area contributed by atoms with Gasteiger partial charge in [-0.3, -0.25) is 9.97 Å². The fraction of sp³-hybridized carbons (Fsp3) is 0.345. The molecule has 14 heteroatoms. The molecule has 0 aliphatic carbocycles. The number of carboxylic acids is 1. The van der Waals surface area contributed by atoms with Crippen molar-refractivity contribution in [2.75, 3.05) is 19.8 Å². The molecule has 0 saturated carbocycles. The largest absolute Gasteiger partial charge is 0.618 e. The number of ether oxygens (including phenoxy) is 5. The van der Waals surface area contributed by atoms with Crippen molar-refractivity contribution in [2.24, 2.45) is 0 Å². The molecule has 10 rings (SSSR count). The number of fused-ring (bicyclic) bond motifs is 2. The molecule has 0 saturated heterocycles. The van der Waals surface area contributed by atoms with Crippen LogP contribution in [0.1, 0.15) is 105 Å². The highest BCUT2D eigenvalue weighted by atomic mass is 16.6. The molecular weight excluding hydrogens is 913 g/mol. The molecule has 0 unspecified atom stereocenters. The Morgan fingerprint density at radius 1 is 0.653 bits per heavy atom. The van der Waals surface area contributed by atoms with Gasteiger partial charge in [-0.1, -0.05) is 0 Å². The molecular formula is C58H60N4O10. The summed E-state index contributed by atoms with van der Waals surface area (Å²) in [5.74, 6) is -0.0201. The summed E-state index contributed by atoms with van der Waals surface area (Å²) in [6, 6.07) is 22.7. The third kappa shape index (κ3) is 9.09. The minimum atomic E-state index is -1.24. The maximum absolute atomic E-state index is 13.4. The highest BCUT2D eigenvalue weighted by Crippen LogP contribution is 2.47. The Bertz CT molecular complexity index is 3480. The number of rotatable bonds is 9. The first-order valence-corrected chi connectivity index (χ1v) is 24.3. The van der Waals surface area contributed by atoms with Gasteiger partial charge in [0, 0.05) is 108 Å². The summed E-state index contributed by atoms with van der Waals surface area (Å²) in [6.07, 6.45) is 2.89. The number of pyridine rings is 4. The second-order valence-electron chi connectivity index (χ2n) is 20.5. The van der Waals surface area contributed by atoms with Crippen molar-refractivity contribution in [3.63, 3.8) is 0 Å². The Labute approximate surface area is 418 Å². The zero-order valence-corrected chi connectivity index (χ0v) is 42.7. The van der Waals surface area contributed by atoms with Crippen LogP contribution in [0.15, 0.2) is 85.2 Å². The van der Waals surface area contributed by atoms with Crippen molar-refractivity contribution in [3.05, 3.63) is 140 Å². The van der Waals surface area contributed by atoms with Crippen LogP contribution in [-0.4, -0.2) is 58.0 Å². The zero-order chi connectivity index (χ0) is 51.6. The third-order valence-electron chi connectivity index (χ3n) is 13.1. The van der Waals surface area contributed by atoms with Gasteiger partial charge in [0.2, 0.25) is 11.0 Å². The summed E-state index contributed by atoms with van der Waals surface area (Å²) in [5.41, 5.74) is 10.1. The van der Waals surface area contributed by atoms with E-state index in [1.54, 1.807) is 51.4 Å². The van der Waals surface area contributed by atoms with Gasteiger partial charge in [0.05, 0.1) is 52.8 Å². The summed E-state index contributed by atoms with van der Waals surface area (Å²) in [7, 11) is 0. The second-order valence-corrected chi connectivity index (χ2v) is 20.5. The Hall–Kier alpha value is -7.42. The van der Waals surface area contributed by atoms with Gasteiger partial charge in [-0.25, -0.2) is 9.59 Å². The maximum Gasteiger partial charge on any atom is 0.339 e. The van der Waals surface area contributed by atoms with Crippen LogP contribution < -0.4 is 18.9 Å². The summed E-state index contributed by atoms with van der Waals surface area (Å²) in [5, 5.41) is 39.8. The first-order valence-electron chi connectivity index (χ1n) is 24.3. The molecule has 2 aliphatic rings. The first kappa shape index (κ1) is 49.6. The quantitative estimate of drug-likeness (QED) is 0.0823. The van der Waals surface area contributed by atoms with Gasteiger partial charge in [0.1, 0.15) is 11.5 Å². The Morgan fingerprint density at radius 2 is 1.08 bits per heavy atom. The molecule has 0 amide bonds. The molecule has 6 heterocycles. The summed E-state index contributed by atoms with van der Waals surface area (Å²) in [6.45, 7) is 21.7. The molecule has 4 aromatic heterocycles. The van der Waals surface area contributed by atoms with Crippen molar-refractivity contribution in [3.8, 4) is 33.8 Å². The molecule has 2 aliphatic heterocycles. The van der Waals surface area contributed by atoms with Crippen LogP contribution in [0.25, 0.3) is 65.9 Å². The van der Waals surface area contributed by atoms with Crippen molar-refractivity contribution >= 4 is 55.6 Å². The Kier molecular flexibility index (Phi) is 13.1. The van der Waals surface area contributed by atoms with Crippen LogP contribution in [0.2, 0.25) is 0 Å². The van der Waals surface area contributed by atoms with E-state index >= 15 is 0 Å². The van der Waals surface area contributed by atoms with Crippen LogP contribution in [0.3, 0.4) is 0 Å². The van der Waals surface area contributed by atoms with E-state index in [0.717, 1.165) is 83.5 Å². The Balaban J connectivity index is 0.000000178. The van der Waals surface area contributed by atoms with E-state index < -0.39 is 35.3 Å². The maximum atomic E-state index is 13.4. The van der Waals surface area contributed by atoms with E-state index in [1.165, 1.54) is 0 Å². The topological polar surface area (TPSA) is 180 Å². The molecule has 1 N–H and O–H groups in total. The predicted octanol–water partition coefficient (Wildman–Crippen LogP) is 10.8. The van der Waals surface area contributed by atoms with Crippen LogP contribution in [0, 0.1) is 38.1 Å². The molecule has 0 spiro atoms. The number of aromatic nitrogens is 4. The van der Waals surface area contributed by atoms with Crippen molar-refractivity contribution in [1.82, 2.24) is 9.97 Å². The minimum absolute atomic E-state index is 0.227. The second kappa shape index (κ2) is 19.0. The molecule has 372 valence electrons. The molecule has 0 bridgehead atoms. The third-order valence-corrected chi connectivity index (χ3v) is 13.1. The number of carbonyl (C=O) groups is 2. The normalized spacial score (nSPS) is 14.1. The van der Waals surface area contributed by atoms with Gasteiger partial charge in [-0.15, -0.1) is 0 Å². The summed E-state index contributed by atoms with van der Waals surface area (Å²) < 4.78 is 31.6. The highest BCUT2D eigenvalue weighted by molar-refractivity contribution is 6.09. The standard InChI is InChI=1S/C30H32N2O5.C28H28N2O5/c1-7-35-29(33)28(37-30(4,5)6)24-17(2)16-22-20(9-8-18(3)32(22)34)26(24)21-10-11-23-25-19(13-15-36-23)12-14-31-27(21)25;1-15-14-20-18(7-6-16(2)30(20)33)24(22(15)26(27(31)32)35-28(3,4)5)19-8-9-21-23-17(11-13-34-21)10-12-29-25(19)23/h8-12,14,16,28H,7,13,15H2,1-6H3;6-10,12,14,26H,11,13H2,1-5H3,(H,31,32)/t28-;26-/m00/s1. The van der Waals surface area contributed by atoms with Crippen molar-refractivity contribution < 1.29 is 47.8 Å². The zero-order valence-electron chi connectivity index (χ0n) is 42.7. The Morgan fingerprint density at radius 3 is 1.50 bits per heavy atom. The molecule has 0 fully saturated rings. The van der Waals surface area contributed by atoms with Crippen molar-refractivity contribution in [1.29, 1.82) is 0 Å². The van der Waals surface area contributed by atoms with E-state index in [2.05, 4.69) is 0 Å². The van der Waals surface area contributed by atoms with Gasteiger partial charge in [0.25, 0.3) is 0 Å². The van der Waals surface area contributed by atoms with E-state index in [4.69, 9.17) is 33.7 Å². The predicted molar refractivity (Wildman–Crippen MR) is 276 cm³/mol. The molecule has 8 aromatic rings. The molecule has 14 nitrogen and oxygen atoms in total. The minimum Gasteiger partial charge on any atom is -0.618 e. The SMILES string of the molecule is CCOC(=O)[C@@H](OC(C)(C)C)c1c(C)cc2c(ccc(C)[n+]2[O-])c1-c1ccc2c3c(ccnc13)CCO2.Cc1cc2c(ccc(C)[n+]2[O-])c(-c2ccc3c4c(ccnc24)CCO3)c1[C@H](OC(C)(C)C)C(=O)O. The van der Waals surface area contributed by atoms with Crippen LogP contribution >= 0.6 is 0 Å².